The van der Waals surface area contributed by atoms with Crippen molar-refractivity contribution in [3.05, 3.63) is 24.3 Å². The fraction of sp³-hybridized carbons (Fsp3) is 0.591. The van der Waals surface area contributed by atoms with Crippen molar-refractivity contribution in [3.63, 3.8) is 0 Å². The molecule has 31 heavy (non-hydrogen) atoms. The number of fused-ring (bicyclic) bond motifs is 2. The standard InChI is InChI=1S/C22H31N7OS/c1-14(8-19-18-4-6-25-20(18)27-13-26-19)2-3-15-9-16-5-7-29(11-17(16)10-15)22(30)28-21(24)31-12-23/h4,6,12-17,23H,2-3,5,7-11H2,1H3,(H2,24,28,30)(H,25,26,27). The van der Waals surface area contributed by atoms with Crippen molar-refractivity contribution in [3.8, 4) is 0 Å². The summed E-state index contributed by atoms with van der Waals surface area (Å²) in [5.41, 5.74) is 8.81. The number of urea groups is 1. The van der Waals surface area contributed by atoms with Crippen molar-refractivity contribution in [2.24, 2.45) is 34.4 Å². The fourth-order valence-corrected chi connectivity index (χ4v) is 5.56. The summed E-state index contributed by atoms with van der Waals surface area (Å²) < 4.78 is 0. The number of H-pyrrole nitrogens is 1. The van der Waals surface area contributed by atoms with Crippen LogP contribution in [0.4, 0.5) is 4.79 Å². The molecule has 1 aliphatic heterocycles. The average molecular weight is 442 g/mol. The molecule has 3 heterocycles. The number of nitrogens with zero attached hydrogens (tertiary/aromatic N) is 4. The zero-order valence-corrected chi connectivity index (χ0v) is 18.8. The highest BCUT2D eigenvalue weighted by molar-refractivity contribution is 8.24. The third-order valence-electron chi connectivity index (χ3n) is 6.87. The molecule has 1 saturated heterocycles. The van der Waals surface area contributed by atoms with E-state index in [9.17, 15) is 4.79 Å². The summed E-state index contributed by atoms with van der Waals surface area (Å²) in [5.74, 6) is 2.62. The molecule has 0 spiro atoms. The van der Waals surface area contributed by atoms with Gasteiger partial charge in [-0.05, 0) is 67.2 Å². The average Bonchev–Trinajstić information content (AvgIpc) is 3.39. The lowest BCUT2D eigenvalue weighted by Crippen LogP contribution is -2.41. The number of rotatable bonds is 6. The van der Waals surface area contributed by atoms with Gasteiger partial charge in [-0.2, -0.15) is 4.99 Å². The van der Waals surface area contributed by atoms with Gasteiger partial charge in [0.05, 0.1) is 11.2 Å². The molecule has 4 N–H and O–H groups in total. The highest BCUT2D eigenvalue weighted by Gasteiger charge is 2.39. The fourth-order valence-electron chi connectivity index (χ4n) is 5.31. The van der Waals surface area contributed by atoms with Crippen LogP contribution >= 0.6 is 11.8 Å². The first-order valence-corrected chi connectivity index (χ1v) is 12.0. The lowest BCUT2D eigenvalue weighted by Gasteiger charge is -2.33. The number of carbonyl (C=O) groups excluding carboxylic acids is 1. The lowest BCUT2D eigenvalue weighted by atomic mass is 9.89. The smallest absolute Gasteiger partial charge is 0.345 e. The molecule has 2 aromatic heterocycles. The maximum Gasteiger partial charge on any atom is 0.345 e. The summed E-state index contributed by atoms with van der Waals surface area (Å²) in [6.45, 7) is 3.86. The van der Waals surface area contributed by atoms with Gasteiger partial charge in [0.25, 0.3) is 0 Å². The predicted molar refractivity (Wildman–Crippen MR) is 125 cm³/mol. The molecule has 4 atom stereocenters. The summed E-state index contributed by atoms with van der Waals surface area (Å²) in [6, 6.07) is 1.80. The lowest BCUT2D eigenvalue weighted by molar-refractivity contribution is 0.151. The van der Waals surface area contributed by atoms with Crippen molar-refractivity contribution >= 4 is 39.5 Å². The molecule has 4 rings (SSSR count). The van der Waals surface area contributed by atoms with Crippen molar-refractivity contribution in [1.82, 2.24) is 19.9 Å². The van der Waals surface area contributed by atoms with Gasteiger partial charge >= 0.3 is 6.03 Å². The molecule has 0 aromatic carbocycles. The number of nitrogens with two attached hydrogens (primary N) is 1. The van der Waals surface area contributed by atoms with Crippen molar-refractivity contribution < 1.29 is 4.79 Å². The maximum atomic E-state index is 12.4. The Hall–Kier alpha value is -2.42. The van der Waals surface area contributed by atoms with E-state index in [4.69, 9.17) is 11.1 Å². The minimum atomic E-state index is -0.261. The van der Waals surface area contributed by atoms with Gasteiger partial charge in [-0.1, -0.05) is 19.8 Å². The van der Waals surface area contributed by atoms with E-state index in [1.165, 1.54) is 25.7 Å². The van der Waals surface area contributed by atoms with E-state index >= 15 is 0 Å². The third kappa shape index (κ3) is 5.26. The molecule has 1 saturated carbocycles. The van der Waals surface area contributed by atoms with Gasteiger partial charge in [-0.3, -0.25) is 0 Å². The summed E-state index contributed by atoms with van der Waals surface area (Å²) in [7, 11) is 0. The van der Waals surface area contributed by atoms with Crippen LogP contribution in [-0.2, 0) is 6.42 Å². The van der Waals surface area contributed by atoms with Crippen LogP contribution < -0.4 is 5.73 Å². The van der Waals surface area contributed by atoms with Gasteiger partial charge in [-0.25, -0.2) is 14.8 Å². The first kappa shape index (κ1) is 21.8. The Labute approximate surface area is 187 Å². The number of amidine groups is 1. The van der Waals surface area contributed by atoms with Crippen molar-refractivity contribution in [1.29, 1.82) is 5.41 Å². The van der Waals surface area contributed by atoms with Crippen LogP contribution in [0.2, 0.25) is 0 Å². The van der Waals surface area contributed by atoms with Crippen LogP contribution in [0.15, 0.2) is 23.6 Å². The van der Waals surface area contributed by atoms with Crippen LogP contribution in [0.1, 0.15) is 44.7 Å². The van der Waals surface area contributed by atoms with Crippen LogP contribution in [-0.4, -0.2) is 49.7 Å². The number of carbonyl (C=O) groups is 1. The normalized spacial score (nSPS) is 24.9. The van der Waals surface area contributed by atoms with E-state index in [2.05, 4.69) is 32.9 Å². The second kappa shape index (κ2) is 9.80. The first-order chi connectivity index (χ1) is 15.0. The minimum Gasteiger partial charge on any atom is -0.378 e. The minimum absolute atomic E-state index is 0.140. The molecule has 2 aliphatic rings. The third-order valence-corrected chi connectivity index (χ3v) is 7.32. The topological polar surface area (TPSA) is 124 Å². The molecule has 8 nitrogen and oxygen atoms in total. The zero-order chi connectivity index (χ0) is 21.8. The number of amides is 2. The number of thioether (sulfide) groups is 1. The van der Waals surface area contributed by atoms with Gasteiger partial charge in [0.1, 0.15) is 12.0 Å². The van der Waals surface area contributed by atoms with E-state index < -0.39 is 0 Å². The van der Waals surface area contributed by atoms with Gasteiger partial charge in [0.2, 0.25) is 0 Å². The molecule has 2 amide bonds. The Bertz CT molecular complexity index is 958. The summed E-state index contributed by atoms with van der Waals surface area (Å²) in [5, 5.41) is 8.32. The van der Waals surface area contributed by atoms with Crippen LogP contribution in [0.3, 0.4) is 0 Å². The van der Waals surface area contributed by atoms with Crippen molar-refractivity contribution in [2.75, 3.05) is 13.1 Å². The van der Waals surface area contributed by atoms with Gasteiger partial charge in [0.15, 0.2) is 5.17 Å². The van der Waals surface area contributed by atoms with Crippen LogP contribution in [0.5, 0.6) is 0 Å². The second-order valence-electron chi connectivity index (χ2n) is 9.01. The Morgan fingerprint density at radius 2 is 2.29 bits per heavy atom. The van der Waals surface area contributed by atoms with E-state index in [1.807, 2.05) is 11.1 Å². The number of likely N-dealkylation sites (tertiary alicyclic amines) is 1. The Morgan fingerprint density at radius 1 is 1.45 bits per heavy atom. The number of aliphatic imine (C=N–C) groups is 1. The molecule has 2 fully saturated rings. The van der Waals surface area contributed by atoms with E-state index in [0.29, 0.717) is 11.8 Å². The summed E-state index contributed by atoms with van der Waals surface area (Å²) in [6.07, 6.45) is 10.5. The molecule has 0 bridgehead atoms. The monoisotopic (exact) mass is 441 g/mol. The molecule has 2 aromatic rings. The number of aromatic nitrogens is 3. The SMILES string of the molecule is CC(CCC1CC2CCN(C(=O)N=C(N)SC=N)CC2C1)Cc1ncnc2[nH]ccc12. The molecule has 9 heteroatoms. The molecule has 166 valence electrons. The molecular weight excluding hydrogens is 410 g/mol. The van der Waals surface area contributed by atoms with Gasteiger partial charge in [-0.15, -0.1) is 0 Å². The van der Waals surface area contributed by atoms with E-state index in [-0.39, 0.29) is 11.2 Å². The maximum absolute atomic E-state index is 12.4. The van der Waals surface area contributed by atoms with E-state index in [0.717, 1.165) is 71.8 Å². The van der Waals surface area contributed by atoms with Gasteiger partial charge < -0.3 is 21.0 Å². The largest absolute Gasteiger partial charge is 0.378 e. The Kier molecular flexibility index (Phi) is 6.89. The van der Waals surface area contributed by atoms with Gasteiger partial charge in [0, 0.05) is 24.7 Å². The Morgan fingerprint density at radius 3 is 3.13 bits per heavy atom. The molecule has 0 radical (unpaired) electrons. The second-order valence-corrected chi connectivity index (χ2v) is 9.90. The number of aromatic amines is 1. The van der Waals surface area contributed by atoms with Crippen LogP contribution in [0, 0.1) is 29.1 Å². The zero-order valence-electron chi connectivity index (χ0n) is 18.0. The van der Waals surface area contributed by atoms with Crippen LogP contribution in [0.25, 0.3) is 11.0 Å². The number of hydrogen-bond acceptors (Lipinski definition) is 5. The van der Waals surface area contributed by atoms with E-state index in [1.54, 1.807) is 6.33 Å². The number of piperidine rings is 1. The quantitative estimate of drug-likeness (QED) is 0.461. The first-order valence-electron chi connectivity index (χ1n) is 11.1. The highest BCUT2D eigenvalue weighted by atomic mass is 32.2. The number of hydrogen-bond donors (Lipinski definition) is 3. The summed E-state index contributed by atoms with van der Waals surface area (Å²) in [4.78, 5) is 30.1. The van der Waals surface area contributed by atoms with Crippen molar-refractivity contribution in [2.45, 2.75) is 45.4 Å². The summed E-state index contributed by atoms with van der Waals surface area (Å²) >= 11 is 0.966. The predicted octanol–water partition coefficient (Wildman–Crippen LogP) is 4.04. The molecular formula is C22H31N7OS. The highest BCUT2D eigenvalue weighted by Crippen LogP contribution is 2.43. The Balaban J connectivity index is 1.25. The number of nitrogens with one attached hydrogen (secondary N) is 2. The molecule has 4 unspecified atom stereocenters. The molecule has 1 aliphatic carbocycles.